The van der Waals surface area contributed by atoms with Crippen LogP contribution in [0.4, 0.5) is 13.2 Å². The van der Waals surface area contributed by atoms with Gasteiger partial charge in [-0.3, -0.25) is 14.4 Å². The summed E-state index contributed by atoms with van der Waals surface area (Å²) in [6, 6.07) is 9.01. The lowest BCUT2D eigenvalue weighted by Gasteiger charge is -2.26. The predicted molar refractivity (Wildman–Crippen MR) is 132 cm³/mol. The number of aromatic nitrogens is 1. The van der Waals surface area contributed by atoms with Gasteiger partial charge >= 0.3 is 0 Å². The largest absolute Gasteiger partial charge is 0.367 e. The molecular weight excluding hydrogens is 509 g/mol. The molecule has 0 saturated heterocycles. The first kappa shape index (κ1) is 26.6. The minimum atomic E-state index is -2.72. The van der Waals surface area contributed by atoms with Crippen LogP contribution in [0.1, 0.15) is 46.4 Å². The number of carbonyl (C=O) groups excluding carboxylic acids is 2. The zero-order valence-corrected chi connectivity index (χ0v) is 20.6. The topological polar surface area (TPSA) is 91.4 Å². The van der Waals surface area contributed by atoms with Crippen LogP contribution in [-0.4, -0.2) is 28.8 Å². The number of ketones is 1. The van der Waals surface area contributed by atoms with Gasteiger partial charge in [0.25, 0.3) is 17.9 Å². The van der Waals surface area contributed by atoms with E-state index >= 15 is 0 Å². The van der Waals surface area contributed by atoms with Crippen molar-refractivity contribution >= 4 is 23.3 Å². The van der Waals surface area contributed by atoms with E-state index in [0.717, 1.165) is 6.07 Å². The lowest BCUT2D eigenvalue weighted by Crippen LogP contribution is -2.32. The van der Waals surface area contributed by atoms with E-state index in [2.05, 4.69) is 0 Å². The Bertz CT molecular complexity index is 1420. The van der Waals surface area contributed by atoms with Crippen molar-refractivity contribution in [1.29, 1.82) is 0 Å². The van der Waals surface area contributed by atoms with Crippen LogP contribution in [0.15, 0.2) is 53.5 Å². The molecule has 1 amide bonds. The van der Waals surface area contributed by atoms with Crippen molar-refractivity contribution in [2.45, 2.75) is 51.4 Å². The molecule has 0 spiro atoms. The average Bonchev–Trinajstić information content (AvgIpc) is 2.82. The standard InChI is InChI=1S/C27H24ClF3N2O4/c1-2-22(23(34)8-14-3-6-18(27(32)36)21(29)7-14)33-12-16-13-37-24(26(30)31)9-15-4-5-17(28)10-19(15)20(16)11-25(33)35/h3-7,10-12,22,24,26H,2,8-9,13H2,1H3,(H2,32,36)/t22-,24-/m0/s1. The van der Waals surface area contributed by atoms with Gasteiger partial charge in [-0.15, -0.1) is 0 Å². The summed E-state index contributed by atoms with van der Waals surface area (Å²) in [7, 11) is 0. The second-order valence-electron chi connectivity index (χ2n) is 8.89. The number of hydrogen-bond acceptors (Lipinski definition) is 4. The minimum Gasteiger partial charge on any atom is -0.367 e. The Labute approximate surface area is 215 Å². The molecule has 4 rings (SSSR count). The number of primary amides is 1. The number of alkyl halides is 2. The fraction of sp³-hybridized carbons (Fsp3) is 0.296. The van der Waals surface area contributed by atoms with Gasteiger partial charge in [-0.25, -0.2) is 13.2 Å². The second kappa shape index (κ2) is 10.9. The Morgan fingerprint density at radius 2 is 1.86 bits per heavy atom. The molecule has 1 aromatic heterocycles. The highest BCUT2D eigenvalue weighted by molar-refractivity contribution is 6.30. The third-order valence-electron chi connectivity index (χ3n) is 6.45. The van der Waals surface area contributed by atoms with Crippen LogP contribution in [0, 0.1) is 5.82 Å². The van der Waals surface area contributed by atoms with Gasteiger partial charge in [0, 0.05) is 35.7 Å². The first-order chi connectivity index (χ1) is 17.6. The van der Waals surface area contributed by atoms with Gasteiger partial charge in [0.2, 0.25) is 0 Å². The minimum absolute atomic E-state index is 0.0478. The summed E-state index contributed by atoms with van der Waals surface area (Å²) in [6.07, 6.45) is -2.60. The smallest absolute Gasteiger partial charge is 0.264 e. The number of carbonyl (C=O) groups is 2. The molecule has 0 bridgehead atoms. The van der Waals surface area contributed by atoms with Gasteiger partial charge in [-0.2, -0.15) is 0 Å². The molecule has 1 aliphatic rings. The maximum atomic E-state index is 14.2. The second-order valence-corrected chi connectivity index (χ2v) is 9.33. The highest BCUT2D eigenvalue weighted by Crippen LogP contribution is 2.34. The maximum absolute atomic E-state index is 14.2. The molecule has 194 valence electrons. The number of fused-ring (bicyclic) bond motifs is 3. The molecule has 6 nitrogen and oxygen atoms in total. The van der Waals surface area contributed by atoms with Gasteiger partial charge in [-0.1, -0.05) is 30.7 Å². The van der Waals surface area contributed by atoms with E-state index in [1.54, 1.807) is 25.1 Å². The van der Waals surface area contributed by atoms with Crippen molar-refractivity contribution in [1.82, 2.24) is 4.57 Å². The molecule has 1 aliphatic heterocycles. The van der Waals surface area contributed by atoms with Crippen molar-refractivity contribution in [2.75, 3.05) is 0 Å². The molecule has 2 atom stereocenters. The average molecular weight is 533 g/mol. The van der Waals surface area contributed by atoms with Crippen LogP contribution < -0.4 is 11.3 Å². The normalized spacial score (nSPS) is 15.9. The van der Waals surface area contributed by atoms with Crippen molar-refractivity contribution in [3.05, 3.63) is 92.1 Å². The van der Waals surface area contributed by atoms with E-state index in [1.807, 2.05) is 0 Å². The number of Topliss-reactive ketones (excluding diaryl/α,β-unsaturated/α-hetero) is 1. The lowest BCUT2D eigenvalue weighted by atomic mass is 9.92. The number of rotatable bonds is 7. The van der Waals surface area contributed by atoms with Crippen LogP contribution in [0.2, 0.25) is 5.02 Å². The van der Waals surface area contributed by atoms with Crippen LogP contribution in [0.25, 0.3) is 11.1 Å². The molecule has 2 N–H and O–H groups in total. The maximum Gasteiger partial charge on any atom is 0.264 e. The first-order valence-electron chi connectivity index (χ1n) is 11.6. The molecule has 0 aliphatic carbocycles. The van der Waals surface area contributed by atoms with Crippen molar-refractivity contribution in [3.8, 4) is 11.1 Å². The molecule has 0 saturated carbocycles. The Balaban J connectivity index is 1.72. The van der Waals surface area contributed by atoms with Gasteiger partial charge in [0.15, 0.2) is 5.78 Å². The Morgan fingerprint density at radius 1 is 1.14 bits per heavy atom. The predicted octanol–water partition coefficient (Wildman–Crippen LogP) is 4.88. The Kier molecular flexibility index (Phi) is 7.85. The number of halogens is 4. The highest BCUT2D eigenvalue weighted by atomic mass is 35.5. The number of ether oxygens (including phenoxy) is 1. The molecular formula is C27H24ClF3N2O4. The van der Waals surface area contributed by atoms with Crippen molar-refractivity contribution < 1.29 is 27.5 Å². The third-order valence-corrected chi connectivity index (χ3v) is 6.69. The summed E-state index contributed by atoms with van der Waals surface area (Å²) in [5.74, 6) is -2.13. The number of nitrogens with zero attached hydrogens (tertiary/aromatic N) is 1. The van der Waals surface area contributed by atoms with E-state index < -0.39 is 35.9 Å². The summed E-state index contributed by atoms with van der Waals surface area (Å²) in [5.41, 5.74) is 6.77. The van der Waals surface area contributed by atoms with E-state index in [9.17, 15) is 27.6 Å². The van der Waals surface area contributed by atoms with Gasteiger partial charge < -0.3 is 15.0 Å². The van der Waals surface area contributed by atoms with E-state index in [1.165, 1.54) is 29.0 Å². The number of benzene rings is 2. The van der Waals surface area contributed by atoms with Crippen LogP contribution in [0.5, 0.6) is 0 Å². The zero-order chi connectivity index (χ0) is 26.9. The van der Waals surface area contributed by atoms with E-state index in [-0.39, 0.29) is 37.2 Å². The molecule has 10 heteroatoms. The van der Waals surface area contributed by atoms with Crippen LogP contribution in [0.3, 0.4) is 0 Å². The van der Waals surface area contributed by atoms with Crippen LogP contribution >= 0.6 is 11.6 Å². The summed E-state index contributed by atoms with van der Waals surface area (Å²) in [5, 5.41) is 0.389. The fourth-order valence-electron chi connectivity index (χ4n) is 4.58. The molecule has 2 heterocycles. The molecule has 3 aromatic rings. The van der Waals surface area contributed by atoms with Gasteiger partial charge in [0.1, 0.15) is 11.9 Å². The number of hydrogen-bond donors (Lipinski definition) is 1. The first-order valence-corrected chi connectivity index (χ1v) is 12.0. The molecule has 0 radical (unpaired) electrons. The van der Waals surface area contributed by atoms with Crippen molar-refractivity contribution in [3.63, 3.8) is 0 Å². The quantitative estimate of drug-likeness (QED) is 0.470. The monoisotopic (exact) mass is 532 g/mol. The Morgan fingerprint density at radius 3 is 2.51 bits per heavy atom. The summed E-state index contributed by atoms with van der Waals surface area (Å²) < 4.78 is 48.2. The van der Waals surface area contributed by atoms with E-state index in [0.29, 0.717) is 32.8 Å². The molecule has 0 fully saturated rings. The van der Waals surface area contributed by atoms with Crippen LogP contribution in [-0.2, 0) is 29.0 Å². The summed E-state index contributed by atoms with van der Waals surface area (Å²) in [4.78, 5) is 37.6. The summed E-state index contributed by atoms with van der Waals surface area (Å²) >= 11 is 6.18. The lowest BCUT2D eigenvalue weighted by molar-refractivity contribution is -0.121. The molecule has 37 heavy (non-hydrogen) atoms. The van der Waals surface area contributed by atoms with Gasteiger partial charge in [-0.05, 0) is 52.9 Å². The van der Waals surface area contributed by atoms with Crippen molar-refractivity contribution in [2.24, 2.45) is 5.73 Å². The van der Waals surface area contributed by atoms with Gasteiger partial charge in [0.05, 0.1) is 18.2 Å². The zero-order valence-electron chi connectivity index (χ0n) is 19.8. The Hall–Kier alpha value is -3.43. The summed E-state index contributed by atoms with van der Waals surface area (Å²) in [6.45, 7) is 1.53. The third kappa shape index (κ3) is 5.62. The van der Waals surface area contributed by atoms with E-state index in [4.69, 9.17) is 22.1 Å². The highest BCUT2D eigenvalue weighted by Gasteiger charge is 2.28. The molecule has 0 unspecified atom stereocenters. The number of amides is 1. The SMILES string of the molecule is CC[C@@H](C(=O)Cc1ccc(C(N)=O)c(F)c1)n1cc2c(cc1=O)-c1cc(Cl)ccc1C[C@@H](C(F)F)OC2. The number of nitrogens with two attached hydrogens (primary N) is 1. The molecule has 2 aromatic carbocycles. The number of pyridine rings is 1. The fourth-order valence-corrected chi connectivity index (χ4v) is 4.75.